The Morgan fingerprint density at radius 2 is 1.86 bits per heavy atom. The maximum atomic E-state index is 11.5. The number of allylic oxidation sites excluding steroid dienone is 1. The van der Waals surface area contributed by atoms with Crippen molar-refractivity contribution in [3.63, 3.8) is 0 Å². The molecule has 0 spiro atoms. The fourth-order valence-electron chi connectivity index (χ4n) is 1.32. The first-order chi connectivity index (χ1) is 10.6. The third kappa shape index (κ3) is 10.2. The van der Waals surface area contributed by atoms with Crippen molar-refractivity contribution in [3.8, 4) is 5.75 Å². The van der Waals surface area contributed by atoms with Crippen LogP contribution in [0.3, 0.4) is 0 Å². The first-order valence-electron chi connectivity index (χ1n) is 7.10. The molecule has 0 saturated heterocycles. The van der Waals surface area contributed by atoms with Gasteiger partial charge < -0.3 is 20.7 Å². The van der Waals surface area contributed by atoms with Crippen molar-refractivity contribution in [2.75, 3.05) is 44.2 Å². The van der Waals surface area contributed by atoms with E-state index < -0.39 is 0 Å². The molecule has 0 aromatic heterocycles. The highest BCUT2D eigenvalue weighted by Crippen LogP contribution is 2.27. The summed E-state index contributed by atoms with van der Waals surface area (Å²) >= 11 is 3.21. The van der Waals surface area contributed by atoms with Gasteiger partial charge in [-0.3, -0.25) is 4.79 Å². The molecule has 0 fully saturated rings. The van der Waals surface area contributed by atoms with E-state index in [2.05, 4.69) is 31.9 Å². The molecule has 3 N–H and O–H groups in total. The number of rotatable bonds is 5. The summed E-state index contributed by atoms with van der Waals surface area (Å²) in [5.41, 5.74) is 1.55. The normalized spacial score (nSPS) is 9.05. The number of methoxy groups -OCH3 is 1. The second-order valence-corrected chi connectivity index (χ2v) is 4.36. The van der Waals surface area contributed by atoms with Crippen LogP contribution in [0.15, 0.2) is 30.4 Å². The summed E-state index contributed by atoms with van der Waals surface area (Å²) in [7, 11) is 7.15. The van der Waals surface area contributed by atoms with Gasteiger partial charge in [-0.25, -0.2) is 0 Å². The molecule has 0 atom stereocenters. The molecule has 0 radical (unpaired) electrons. The minimum atomic E-state index is -0.156. The highest BCUT2D eigenvalue weighted by molar-refractivity contribution is 9.09. The van der Waals surface area contributed by atoms with Gasteiger partial charge in [0.25, 0.3) is 0 Å². The average Bonchev–Trinajstić information content (AvgIpc) is 2.55. The number of halogens is 1. The van der Waals surface area contributed by atoms with E-state index >= 15 is 0 Å². The summed E-state index contributed by atoms with van der Waals surface area (Å²) in [4.78, 5) is 11.5. The predicted molar refractivity (Wildman–Crippen MR) is 100 cm³/mol. The quantitative estimate of drug-likeness (QED) is 0.546. The molecule has 1 amide bonds. The van der Waals surface area contributed by atoms with E-state index in [9.17, 15) is 4.79 Å². The Hall–Kier alpha value is -1.53. The average molecular weight is 374 g/mol. The zero-order chi connectivity index (χ0) is 17.4. The first kappa shape index (κ1) is 22.7. The summed E-state index contributed by atoms with van der Waals surface area (Å²) < 4.78 is 5.17. The lowest BCUT2D eigenvalue weighted by atomic mass is 10.2. The fourth-order valence-corrected chi connectivity index (χ4v) is 1.50. The number of ether oxygens (including phenoxy) is 1. The van der Waals surface area contributed by atoms with Crippen molar-refractivity contribution in [2.24, 2.45) is 0 Å². The monoisotopic (exact) mass is 373 g/mol. The molecule has 0 saturated carbocycles. The van der Waals surface area contributed by atoms with Crippen molar-refractivity contribution < 1.29 is 9.53 Å². The molecule has 0 heterocycles. The fraction of sp³-hybridized carbons (Fsp3) is 0.438. The van der Waals surface area contributed by atoms with Gasteiger partial charge in [0.05, 0.1) is 12.8 Å². The third-order valence-corrected chi connectivity index (χ3v) is 2.47. The molecule has 6 heteroatoms. The molecule has 0 aliphatic rings. The van der Waals surface area contributed by atoms with Crippen LogP contribution in [-0.4, -0.2) is 39.5 Å². The van der Waals surface area contributed by atoms with Crippen LogP contribution < -0.4 is 20.7 Å². The molecule has 0 bridgehead atoms. The maximum absolute atomic E-state index is 11.5. The summed E-state index contributed by atoms with van der Waals surface area (Å²) in [6.45, 7) is 4.00. The molecule has 0 aliphatic carbocycles. The van der Waals surface area contributed by atoms with Gasteiger partial charge in [-0.1, -0.05) is 35.9 Å². The molecular formula is C16H28BrN3O2. The molecule has 126 valence electrons. The van der Waals surface area contributed by atoms with Crippen molar-refractivity contribution in [1.29, 1.82) is 0 Å². The number of carbonyl (C=O) groups is 1. The number of hydrogen-bond donors (Lipinski definition) is 3. The van der Waals surface area contributed by atoms with Crippen LogP contribution in [0.5, 0.6) is 5.75 Å². The standard InChI is InChI=1S/C12H15BrN2O2.C2H7N.C2H6/c1-14-10-8-9(5-6-11(10)17-2)15-12(16)4-3-7-13;1-3-2;1-2/h3-6,8,14H,7H2,1-2H3,(H,15,16);3H,1-2H3;1-2H3/b4-3+;;. The summed E-state index contributed by atoms with van der Waals surface area (Å²) in [6, 6.07) is 5.41. The second kappa shape index (κ2) is 15.9. The lowest BCUT2D eigenvalue weighted by Crippen LogP contribution is -2.08. The van der Waals surface area contributed by atoms with Gasteiger partial charge in [-0.05, 0) is 32.3 Å². The van der Waals surface area contributed by atoms with Crippen molar-refractivity contribution in [2.45, 2.75) is 13.8 Å². The third-order valence-electron chi connectivity index (χ3n) is 2.09. The van der Waals surface area contributed by atoms with E-state index in [-0.39, 0.29) is 5.91 Å². The van der Waals surface area contributed by atoms with E-state index in [1.807, 2.05) is 34.0 Å². The van der Waals surface area contributed by atoms with E-state index in [1.54, 1.807) is 32.4 Å². The van der Waals surface area contributed by atoms with E-state index in [0.29, 0.717) is 5.33 Å². The van der Waals surface area contributed by atoms with Gasteiger partial charge >= 0.3 is 0 Å². The molecular weight excluding hydrogens is 346 g/mol. The molecule has 1 aromatic rings. The minimum absolute atomic E-state index is 0.156. The number of nitrogens with one attached hydrogen (secondary N) is 3. The Morgan fingerprint density at radius 3 is 2.32 bits per heavy atom. The summed E-state index contributed by atoms with van der Waals surface area (Å²) in [6.07, 6.45) is 3.22. The Balaban J connectivity index is 0. The zero-order valence-corrected chi connectivity index (χ0v) is 15.9. The summed E-state index contributed by atoms with van der Waals surface area (Å²) in [5, 5.41) is 9.17. The van der Waals surface area contributed by atoms with E-state index in [4.69, 9.17) is 4.74 Å². The van der Waals surface area contributed by atoms with Crippen LogP contribution in [0.25, 0.3) is 0 Å². The van der Waals surface area contributed by atoms with Crippen molar-refractivity contribution in [3.05, 3.63) is 30.4 Å². The van der Waals surface area contributed by atoms with E-state index in [0.717, 1.165) is 17.1 Å². The van der Waals surface area contributed by atoms with E-state index in [1.165, 1.54) is 6.08 Å². The Morgan fingerprint density at radius 1 is 1.27 bits per heavy atom. The smallest absolute Gasteiger partial charge is 0.248 e. The van der Waals surface area contributed by atoms with Crippen LogP contribution in [0, 0.1) is 0 Å². The van der Waals surface area contributed by atoms with Crippen LogP contribution in [0.4, 0.5) is 11.4 Å². The van der Waals surface area contributed by atoms with Crippen LogP contribution in [0.1, 0.15) is 13.8 Å². The maximum Gasteiger partial charge on any atom is 0.248 e. The Labute approximate surface area is 142 Å². The number of carbonyl (C=O) groups excluding carboxylic acids is 1. The van der Waals surface area contributed by atoms with Gasteiger partial charge in [0, 0.05) is 24.1 Å². The van der Waals surface area contributed by atoms with Gasteiger partial charge in [-0.15, -0.1) is 0 Å². The first-order valence-corrected chi connectivity index (χ1v) is 8.22. The largest absolute Gasteiger partial charge is 0.495 e. The van der Waals surface area contributed by atoms with Gasteiger partial charge in [0.15, 0.2) is 0 Å². The SMILES string of the molecule is CC.CNC.CNc1cc(NC(=O)/C=C/CBr)ccc1OC. The Bertz CT molecular complexity index is 437. The topological polar surface area (TPSA) is 62.4 Å². The van der Waals surface area contributed by atoms with Crippen LogP contribution in [-0.2, 0) is 4.79 Å². The van der Waals surface area contributed by atoms with Gasteiger partial charge in [0.1, 0.15) is 5.75 Å². The minimum Gasteiger partial charge on any atom is -0.495 e. The number of hydrogen-bond acceptors (Lipinski definition) is 4. The highest BCUT2D eigenvalue weighted by atomic mass is 79.9. The molecule has 0 aliphatic heterocycles. The molecule has 0 unspecified atom stereocenters. The van der Waals surface area contributed by atoms with Gasteiger partial charge in [0.2, 0.25) is 5.91 Å². The molecule has 1 rings (SSSR count). The lowest BCUT2D eigenvalue weighted by molar-refractivity contribution is -0.111. The van der Waals surface area contributed by atoms with Crippen LogP contribution in [0.2, 0.25) is 0 Å². The number of benzene rings is 1. The molecule has 1 aromatic carbocycles. The van der Waals surface area contributed by atoms with Crippen molar-refractivity contribution >= 4 is 33.2 Å². The van der Waals surface area contributed by atoms with Crippen molar-refractivity contribution in [1.82, 2.24) is 5.32 Å². The number of amides is 1. The lowest BCUT2D eigenvalue weighted by Gasteiger charge is -2.10. The second-order valence-electron chi connectivity index (χ2n) is 3.71. The van der Waals surface area contributed by atoms with Crippen LogP contribution >= 0.6 is 15.9 Å². The Kier molecular flexibility index (Phi) is 16.4. The summed E-state index contributed by atoms with van der Waals surface area (Å²) in [5.74, 6) is 0.582. The number of alkyl halides is 1. The zero-order valence-electron chi connectivity index (χ0n) is 14.3. The molecule has 22 heavy (non-hydrogen) atoms. The predicted octanol–water partition coefficient (Wildman–Crippen LogP) is 3.49. The van der Waals surface area contributed by atoms with Gasteiger partial charge in [-0.2, -0.15) is 0 Å². The molecule has 5 nitrogen and oxygen atoms in total. The highest BCUT2D eigenvalue weighted by Gasteiger charge is 2.03. The number of anilines is 2.